The lowest BCUT2D eigenvalue weighted by molar-refractivity contribution is -0.122. The number of thioether (sulfide) groups is 1. The molecular weight excluding hydrogens is 306 g/mol. The van der Waals surface area contributed by atoms with Crippen molar-refractivity contribution in [1.29, 1.82) is 0 Å². The fourth-order valence-electron chi connectivity index (χ4n) is 1.91. The zero-order valence-corrected chi connectivity index (χ0v) is 12.8. The lowest BCUT2D eigenvalue weighted by Crippen LogP contribution is -2.35. The lowest BCUT2D eigenvalue weighted by Gasteiger charge is -2.16. The van der Waals surface area contributed by atoms with Gasteiger partial charge < -0.3 is 5.73 Å². The van der Waals surface area contributed by atoms with Gasteiger partial charge >= 0.3 is 0 Å². The average molecular weight is 322 g/mol. The fourth-order valence-corrected chi connectivity index (χ4v) is 3.31. The van der Waals surface area contributed by atoms with Gasteiger partial charge in [0.25, 0.3) is 0 Å². The van der Waals surface area contributed by atoms with Crippen LogP contribution in [0.5, 0.6) is 0 Å². The van der Waals surface area contributed by atoms with Crippen LogP contribution in [0.15, 0.2) is 53.4 Å². The summed E-state index contributed by atoms with van der Waals surface area (Å²) in [7, 11) is 0. The van der Waals surface area contributed by atoms with Gasteiger partial charge in [0.15, 0.2) is 0 Å². The highest BCUT2D eigenvalue weighted by Gasteiger charge is 2.20. The summed E-state index contributed by atoms with van der Waals surface area (Å²) in [6.45, 7) is 0. The quantitative estimate of drug-likeness (QED) is 0.260. The standard InChI is InChI=1S/C15H16ClN3OS/c16-13-7-6-11(17)8-14(13)21-9-12(15(20)19-18)10-4-2-1-3-5-10/h1-8,12H,9,17-18H2,(H,19,20). The fraction of sp³-hybridized carbons (Fsp3) is 0.133. The maximum Gasteiger partial charge on any atom is 0.242 e. The van der Waals surface area contributed by atoms with E-state index in [9.17, 15) is 4.79 Å². The molecule has 0 aliphatic carbocycles. The SMILES string of the molecule is NNC(=O)C(CSc1cc(N)ccc1Cl)c1ccccc1. The molecule has 2 rings (SSSR count). The van der Waals surface area contributed by atoms with Crippen molar-refractivity contribution in [2.24, 2.45) is 5.84 Å². The van der Waals surface area contributed by atoms with Gasteiger partial charge in [-0.05, 0) is 23.8 Å². The molecule has 2 aromatic carbocycles. The second-order valence-corrected chi connectivity index (χ2v) is 5.94. The summed E-state index contributed by atoms with van der Waals surface area (Å²) >= 11 is 7.62. The third-order valence-corrected chi connectivity index (χ3v) is 4.61. The summed E-state index contributed by atoms with van der Waals surface area (Å²) in [6, 6.07) is 14.8. The Morgan fingerprint density at radius 3 is 2.62 bits per heavy atom. The number of hydrazine groups is 1. The van der Waals surface area contributed by atoms with Crippen LogP contribution in [-0.4, -0.2) is 11.7 Å². The number of nitrogens with two attached hydrogens (primary N) is 2. The van der Waals surface area contributed by atoms with E-state index < -0.39 is 0 Å². The van der Waals surface area contributed by atoms with Crippen LogP contribution in [-0.2, 0) is 4.79 Å². The molecule has 1 unspecified atom stereocenters. The van der Waals surface area contributed by atoms with Crippen molar-refractivity contribution < 1.29 is 4.79 Å². The van der Waals surface area contributed by atoms with Crippen molar-refractivity contribution in [3.63, 3.8) is 0 Å². The number of hydrogen-bond acceptors (Lipinski definition) is 4. The van der Waals surface area contributed by atoms with E-state index >= 15 is 0 Å². The summed E-state index contributed by atoms with van der Waals surface area (Å²) in [5.41, 5.74) is 9.53. The van der Waals surface area contributed by atoms with Gasteiger partial charge in [-0.2, -0.15) is 0 Å². The van der Waals surface area contributed by atoms with Gasteiger partial charge in [-0.3, -0.25) is 10.2 Å². The first-order valence-electron chi connectivity index (χ1n) is 6.35. The van der Waals surface area contributed by atoms with Crippen LogP contribution >= 0.6 is 23.4 Å². The second-order valence-electron chi connectivity index (χ2n) is 4.47. The first-order chi connectivity index (χ1) is 10.1. The molecule has 1 atom stereocenters. The molecule has 0 aliphatic heterocycles. The highest BCUT2D eigenvalue weighted by molar-refractivity contribution is 7.99. The Morgan fingerprint density at radius 1 is 1.24 bits per heavy atom. The van der Waals surface area contributed by atoms with Crippen molar-refractivity contribution in [1.82, 2.24) is 5.43 Å². The van der Waals surface area contributed by atoms with Crippen LogP contribution in [0, 0.1) is 0 Å². The monoisotopic (exact) mass is 321 g/mol. The van der Waals surface area contributed by atoms with Gasteiger partial charge in [0.1, 0.15) is 0 Å². The molecule has 1 amide bonds. The first kappa shape index (κ1) is 15.7. The highest BCUT2D eigenvalue weighted by Crippen LogP contribution is 2.32. The topological polar surface area (TPSA) is 81.1 Å². The summed E-state index contributed by atoms with van der Waals surface area (Å²) in [6.07, 6.45) is 0. The smallest absolute Gasteiger partial charge is 0.242 e. The molecule has 0 aromatic heterocycles. The Bertz CT molecular complexity index is 622. The van der Waals surface area contributed by atoms with Crippen LogP contribution in [0.2, 0.25) is 5.02 Å². The Hall–Kier alpha value is -1.69. The van der Waals surface area contributed by atoms with E-state index in [0.717, 1.165) is 10.5 Å². The van der Waals surface area contributed by atoms with E-state index in [1.807, 2.05) is 30.3 Å². The molecule has 0 aliphatic rings. The van der Waals surface area contributed by atoms with E-state index in [0.29, 0.717) is 16.5 Å². The van der Waals surface area contributed by atoms with Gasteiger partial charge in [-0.15, -0.1) is 11.8 Å². The molecule has 0 fully saturated rings. The zero-order chi connectivity index (χ0) is 15.2. The van der Waals surface area contributed by atoms with Gasteiger partial charge in [0, 0.05) is 16.3 Å². The van der Waals surface area contributed by atoms with E-state index in [1.165, 1.54) is 11.8 Å². The Kier molecular flexibility index (Phi) is 5.50. The zero-order valence-electron chi connectivity index (χ0n) is 11.3. The van der Waals surface area contributed by atoms with Crippen molar-refractivity contribution in [2.75, 3.05) is 11.5 Å². The normalized spacial score (nSPS) is 11.9. The van der Waals surface area contributed by atoms with Gasteiger partial charge in [-0.25, -0.2) is 5.84 Å². The molecular formula is C15H16ClN3OS. The van der Waals surface area contributed by atoms with E-state index in [4.69, 9.17) is 23.2 Å². The number of halogens is 1. The molecule has 2 aromatic rings. The molecule has 0 radical (unpaired) electrons. The number of anilines is 1. The third-order valence-electron chi connectivity index (χ3n) is 3.02. The first-order valence-corrected chi connectivity index (χ1v) is 7.71. The number of nitrogen functional groups attached to an aromatic ring is 1. The van der Waals surface area contributed by atoms with Gasteiger partial charge in [0.2, 0.25) is 5.91 Å². The van der Waals surface area contributed by atoms with Gasteiger partial charge in [0.05, 0.1) is 10.9 Å². The summed E-state index contributed by atoms with van der Waals surface area (Å²) < 4.78 is 0. The average Bonchev–Trinajstić information content (AvgIpc) is 2.51. The van der Waals surface area contributed by atoms with Crippen LogP contribution in [0.25, 0.3) is 0 Å². The van der Waals surface area contributed by atoms with Crippen molar-refractivity contribution in [3.05, 3.63) is 59.1 Å². The van der Waals surface area contributed by atoms with Crippen molar-refractivity contribution >= 4 is 35.0 Å². The lowest BCUT2D eigenvalue weighted by atomic mass is 10.0. The molecule has 4 nitrogen and oxygen atoms in total. The maximum absolute atomic E-state index is 12.0. The predicted molar refractivity (Wildman–Crippen MR) is 88.1 cm³/mol. The van der Waals surface area contributed by atoms with Crippen LogP contribution in [0.1, 0.15) is 11.5 Å². The van der Waals surface area contributed by atoms with Crippen LogP contribution < -0.4 is 17.0 Å². The molecule has 21 heavy (non-hydrogen) atoms. The number of carbonyl (C=O) groups excluding carboxylic acids is 1. The van der Waals surface area contributed by atoms with Crippen molar-refractivity contribution in [2.45, 2.75) is 10.8 Å². The highest BCUT2D eigenvalue weighted by atomic mass is 35.5. The Morgan fingerprint density at radius 2 is 1.95 bits per heavy atom. The van der Waals surface area contributed by atoms with Crippen molar-refractivity contribution in [3.8, 4) is 0 Å². The minimum Gasteiger partial charge on any atom is -0.399 e. The third kappa shape index (κ3) is 4.14. The van der Waals surface area contributed by atoms with E-state index in [-0.39, 0.29) is 11.8 Å². The minimum atomic E-state index is -0.348. The summed E-state index contributed by atoms with van der Waals surface area (Å²) in [4.78, 5) is 12.8. The van der Waals surface area contributed by atoms with Crippen LogP contribution in [0.3, 0.4) is 0 Å². The van der Waals surface area contributed by atoms with E-state index in [2.05, 4.69) is 5.43 Å². The molecule has 0 heterocycles. The summed E-state index contributed by atoms with van der Waals surface area (Å²) in [5, 5.41) is 0.620. The summed E-state index contributed by atoms with van der Waals surface area (Å²) in [5.74, 6) is 5.23. The Balaban J connectivity index is 2.16. The maximum atomic E-state index is 12.0. The second kappa shape index (κ2) is 7.36. The molecule has 0 saturated carbocycles. The Labute approximate surface area is 132 Å². The molecule has 0 saturated heterocycles. The number of rotatable bonds is 5. The number of amides is 1. The molecule has 0 spiro atoms. The predicted octanol–water partition coefficient (Wildman–Crippen LogP) is 2.79. The molecule has 0 bridgehead atoms. The largest absolute Gasteiger partial charge is 0.399 e. The van der Waals surface area contributed by atoms with E-state index in [1.54, 1.807) is 18.2 Å². The number of carbonyl (C=O) groups is 1. The van der Waals surface area contributed by atoms with Crippen LogP contribution in [0.4, 0.5) is 5.69 Å². The van der Waals surface area contributed by atoms with Gasteiger partial charge in [-0.1, -0.05) is 41.9 Å². The minimum absolute atomic E-state index is 0.228. The number of benzene rings is 2. The molecule has 5 N–H and O–H groups in total. The number of nitrogens with one attached hydrogen (secondary N) is 1. The number of hydrogen-bond donors (Lipinski definition) is 3. The molecule has 6 heteroatoms. The molecule has 110 valence electrons.